The van der Waals surface area contributed by atoms with Gasteiger partial charge in [-0.1, -0.05) is 57.5 Å². The molecule has 0 saturated carbocycles. The summed E-state index contributed by atoms with van der Waals surface area (Å²) in [6, 6.07) is 20.1. The molecule has 0 radical (unpaired) electrons. The van der Waals surface area contributed by atoms with E-state index in [-0.39, 0.29) is 0 Å². The minimum atomic E-state index is 0.525. The van der Waals surface area contributed by atoms with Crippen LogP contribution in [0.15, 0.2) is 79.4 Å². The summed E-state index contributed by atoms with van der Waals surface area (Å²) in [5.41, 5.74) is 4.32. The highest BCUT2D eigenvalue weighted by Crippen LogP contribution is 2.38. The Bertz CT molecular complexity index is 858. The predicted molar refractivity (Wildman–Crippen MR) is 130 cm³/mol. The number of nitrogens with zero attached hydrogens (tertiary/aromatic N) is 2. The van der Waals surface area contributed by atoms with Gasteiger partial charge < -0.3 is 0 Å². The van der Waals surface area contributed by atoms with Crippen molar-refractivity contribution in [3.8, 4) is 0 Å². The van der Waals surface area contributed by atoms with Gasteiger partial charge in [-0.3, -0.25) is 4.98 Å². The molecule has 164 valence electrons. The third-order valence-corrected chi connectivity index (χ3v) is 6.65. The highest BCUT2D eigenvalue weighted by Gasteiger charge is 2.22. The summed E-state index contributed by atoms with van der Waals surface area (Å²) in [6.07, 6.45) is 15.8. The van der Waals surface area contributed by atoms with Gasteiger partial charge in [0.25, 0.3) is 0 Å². The third-order valence-electron chi connectivity index (χ3n) is 6.65. The van der Waals surface area contributed by atoms with Crippen LogP contribution in [0.4, 0.5) is 0 Å². The average Bonchev–Trinajstić information content (AvgIpc) is 2.83. The van der Waals surface area contributed by atoms with Crippen molar-refractivity contribution in [1.29, 1.82) is 0 Å². The molecule has 3 unspecified atom stereocenters. The molecule has 1 aromatic carbocycles. The van der Waals surface area contributed by atoms with E-state index in [0.717, 1.165) is 13.0 Å². The maximum absolute atomic E-state index is 4.26. The Kier molecular flexibility index (Phi) is 9.27. The van der Waals surface area contributed by atoms with Crippen molar-refractivity contribution in [2.75, 3.05) is 0 Å². The molecule has 0 aliphatic heterocycles. The summed E-state index contributed by atoms with van der Waals surface area (Å²) < 4.78 is 2.33. The minimum absolute atomic E-state index is 0.525. The summed E-state index contributed by atoms with van der Waals surface area (Å²) in [6.45, 7) is 8.08. The zero-order valence-corrected chi connectivity index (χ0v) is 19.6. The molecule has 0 aliphatic rings. The molecule has 0 N–H and O–H groups in total. The van der Waals surface area contributed by atoms with Crippen molar-refractivity contribution >= 4 is 0 Å². The molecule has 2 heteroatoms. The van der Waals surface area contributed by atoms with Gasteiger partial charge in [-0.15, -0.1) is 0 Å². The van der Waals surface area contributed by atoms with E-state index in [4.69, 9.17) is 0 Å². The highest BCUT2D eigenvalue weighted by molar-refractivity contribution is 5.24. The van der Waals surface area contributed by atoms with Gasteiger partial charge in [0.15, 0.2) is 12.4 Å². The molecule has 3 aromatic rings. The third kappa shape index (κ3) is 7.02. The van der Waals surface area contributed by atoms with Gasteiger partial charge in [0.05, 0.1) is 0 Å². The van der Waals surface area contributed by atoms with Crippen molar-refractivity contribution < 1.29 is 4.57 Å². The van der Waals surface area contributed by atoms with E-state index in [9.17, 15) is 0 Å². The summed E-state index contributed by atoms with van der Waals surface area (Å²) in [5, 5.41) is 0. The Morgan fingerprint density at radius 1 is 0.742 bits per heavy atom. The fourth-order valence-electron chi connectivity index (χ4n) is 4.66. The Labute approximate surface area is 189 Å². The summed E-state index contributed by atoms with van der Waals surface area (Å²) >= 11 is 0. The Morgan fingerprint density at radius 3 is 2.06 bits per heavy atom. The number of rotatable bonds is 12. The molecule has 2 heterocycles. The van der Waals surface area contributed by atoms with E-state index < -0.39 is 0 Å². The van der Waals surface area contributed by atoms with Crippen LogP contribution in [0.3, 0.4) is 0 Å². The molecule has 2 aromatic heterocycles. The lowest BCUT2D eigenvalue weighted by Crippen LogP contribution is -2.32. The molecule has 0 spiro atoms. The number of aromatic nitrogens is 2. The summed E-state index contributed by atoms with van der Waals surface area (Å²) in [4.78, 5) is 4.26. The van der Waals surface area contributed by atoms with Crippen LogP contribution < -0.4 is 4.57 Å². The first-order chi connectivity index (χ1) is 15.2. The second kappa shape index (κ2) is 12.4. The number of unbranched alkanes of at least 4 members (excludes halogenated alkanes) is 2. The number of benzene rings is 1. The molecule has 0 bridgehead atoms. The van der Waals surface area contributed by atoms with Crippen LogP contribution in [0.25, 0.3) is 0 Å². The van der Waals surface area contributed by atoms with Crippen LogP contribution in [0.5, 0.6) is 0 Å². The lowest BCUT2D eigenvalue weighted by molar-refractivity contribution is -0.697. The Morgan fingerprint density at radius 2 is 1.42 bits per heavy atom. The highest BCUT2D eigenvalue weighted by atomic mass is 14.9. The fraction of sp³-hybridized carbons (Fsp3) is 0.448. The van der Waals surface area contributed by atoms with Crippen molar-refractivity contribution in [2.45, 2.75) is 83.6 Å². The van der Waals surface area contributed by atoms with Crippen LogP contribution in [0, 0.1) is 0 Å². The second-order valence-corrected chi connectivity index (χ2v) is 8.94. The van der Waals surface area contributed by atoms with Gasteiger partial charge in [-0.25, -0.2) is 4.57 Å². The molecule has 3 atom stereocenters. The first kappa shape index (κ1) is 23.2. The van der Waals surface area contributed by atoms with E-state index >= 15 is 0 Å². The molecule has 3 rings (SSSR count). The van der Waals surface area contributed by atoms with Gasteiger partial charge >= 0.3 is 0 Å². The van der Waals surface area contributed by atoms with Gasteiger partial charge in [-0.05, 0) is 72.3 Å². The van der Waals surface area contributed by atoms with E-state index in [1.807, 2.05) is 12.4 Å². The summed E-state index contributed by atoms with van der Waals surface area (Å²) in [7, 11) is 0. The molecule has 0 amide bonds. The average molecular weight is 416 g/mol. The molecule has 0 saturated heterocycles. The van der Waals surface area contributed by atoms with Gasteiger partial charge in [0.1, 0.15) is 6.54 Å². The molecular weight excluding hydrogens is 376 g/mol. The normalized spacial score (nSPS) is 14.2. The van der Waals surface area contributed by atoms with Crippen LogP contribution in [0.2, 0.25) is 0 Å². The lowest BCUT2D eigenvalue weighted by atomic mass is 9.79. The SMILES string of the molecule is CCCCC[n+]1ccc(C(C)CC(CC(CC)c2ccccc2)c2ccncc2)cc1. The smallest absolute Gasteiger partial charge is 0.169 e. The molecule has 0 aliphatic carbocycles. The molecular formula is C29H39N2+. The molecule has 0 fully saturated rings. The minimum Gasteiger partial charge on any atom is -0.265 e. The number of aryl methyl sites for hydroxylation is 1. The standard InChI is InChI=1S/C29H39N2/c1-4-6-10-19-31-20-15-26(16-21-31)24(3)22-29(28-13-17-30-18-14-28)23-25(5-2)27-11-8-7-9-12-27/h7-9,11-18,20-21,24-25,29H,4-6,10,19,22-23H2,1-3H3/q+1. The second-order valence-electron chi connectivity index (χ2n) is 8.94. The largest absolute Gasteiger partial charge is 0.265 e. The monoisotopic (exact) mass is 415 g/mol. The van der Waals surface area contributed by atoms with Crippen molar-refractivity contribution in [2.24, 2.45) is 0 Å². The Balaban J connectivity index is 1.72. The maximum Gasteiger partial charge on any atom is 0.169 e. The van der Waals surface area contributed by atoms with E-state index in [1.165, 1.54) is 48.8 Å². The zero-order valence-electron chi connectivity index (χ0n) is 19.6. The number of hydrogen-bond donors (Lipinski definition) is 0. The number of hydrogen-bond acceptors (Lipinski definition) is 1. The Hall–Kier alpha value is -2.48. The molecule has 2 nitrogen and oxygen atoms in total. The van der Waals surface area contributed by atoms with Gasteiger partial charge in [0, 0.05) is 30.9 Å². The van der Waals surface area contributed by atoms with Crippen molar-refractivity contribution in [3.63, 3.8) is 0 Å². The predicted octanol–water partition coefficient (Wildman–Crippen LogP) is 7.42. The van der Waals surface area contributed by atoms with E-state index in [2.05, 4.69) is 97.3 Å². The fourth-order valence-corrected chi connectivity index (χ4v) is 4.66. The maximum atomic E-state index is 4.26. The first-order valence-electron chi connectivity index (χ1n) is 12.1. The van der Waals surface area contributed by atoms with Crippen LogP contribution in [-0.2, 0) is 6.54 Å². The first-order valence-corrected chi connectivity index (χ1v) is 12.1. The van der Waals surface area contributed by atoms with Crippen LogP contribution >= 0.6 is 0 Å². The van der Waals surface area contributed by atoms with Gasteiger partial charge in [-0.2, -0.15) is 0 Å². The lowest BCUT2D eigenvalue weighted by Gasteiger charge is -2.26. The number of pyridine rings is 2. The van der Waals surface area contributed by atoms with E-state index in [1.54, 1.807) is 0 Å². The van der Waals surface area contributed by atoms with E-state index in [0.29, 0.717) is 17.8 Å². The zero-order chi connectivity index (χ0) is 21.9. The molecule has 31 heavy (non-hydrogen) atoms. The quantitative estimate of drug-likeness (QED) is 0.222. The topological polar surface area (TPSA) is 16.8 Å². The van der Waals surface area contributed by atoms with Crippen molar-refractivity contribution in [3.05, 3.63) is 96.1 Å². The van der Waals surface area contributed by atoms with Gasteiger partial charge in [0.2, 0.25) is 0 Å². The van der Waals surface area contributed by atoms with Crippen LogP contribution in [-0.4, -0.2) is 4.98 Å². The van der Waals surface area contributed by atoms with Crippen molar-refractivity contribution in [1.82, 2.24) is 4.98 Å². The summed E-state index contributed by atoms with van der Waals surface area (Å²) in [5.74, 6) is 1.64. The van der Waals surface area contributed by atoms with Crippen LogP contribution in [0.1, 0.15) is 93.7 Å².